The van der Waals surface area contributed by atoms with Gasteiger partial charge >= 0.3 is 0 Å². The summed E-state index contributed by atoms with van der Waals surface area (Å²) < 4.78 is 4.04. The molecular weight excluding hydrogens is 160 g/mol. The zero-order chi connectivity index (χ0) is 8.10. The van der Waals surface area contributed by atoms with Crippen LogP contribution in [0.15, 0.2) is 0 Å². The van der Waals surface area contributed by atoms with Gasteiger partial charge in [-0.15, -0.1) is 0 Å². The minimum Gasteiger partial charge on any atom is -0.359 e. The Morgan fingerprint density at radius 2 is 2.27 bits per heavy atom. The molecule has 1 aromatic rings. The first-order valence-corrected chi connectivity index (χ1v) is 4.29. The van der Waals surface area contributed by atoms with Crippen molar-refractivity contribution in [2.75, 3.05) is 25.5 Å². The fraction of sp³-hybridized carbons (Fsp3) is 0.667. The molecule has 4 nitrogen and oxygen atoms in total. The van der Waals surface area contributed by atoms with Crippen LogP contribution in [0.3, 0.4) is 0 Å². The molecule has 0 saturated carbocycles. The number of nitrogens with zero attached hydrogens (tertiary/aromatic N) is 2. The fourth-order valence-electron chi connectivity index (χ4n) is 0.663. The lowest BCUT2D eigenvalue weighted by molar-refractivity contribution is 0.823. The lowest BCUT2D eigenvalue weighted by Crippen LogP contribution is -2.17. The molecule has 0 unspecified atom stereocenters. The second kappa shape index (κ2) is 4.25. The first kappa shape index (κ1) is 8.42. The van der Waals surface area contributed by atoms with Gasteiger partial charge in [-0.25, -0.2) is 4.98 Å². The first-order valence-electron chi connectivity index (χ1n) is 3.51. The van der Waals surface area contributed by atoms with Gasteiger partial charge in [0.05, 0.1) is 0 Å². The summed E-state index contributed by atoms with van der Waals surface area (Å²) in [5.74, 6) is 0.835. The second-order valence-corrected chi connectivity index (χ2v) is 2.93. The molecule has 11 heavy (non-hydrogen) atoms. The van der Waals surface area contributed by atoms with Crippen LogP contribution >= 0.6 is 11.5 Å². The van der Waals surface area contributed by atoms with Crippen molar-refractivity contribution in [2.24, 2.45) is 0 Å². The highest BCUT2D eigenvalue weighted by atomic mass is 32.1. The number of aromatic nitrogens is 2. The molecule has 0 radical (unpaired) electrons. The van der Waals surface area contributed by atoms with Gasteiger partial charge in [0.15, 0.2) is 0 Å². The Bertz CT molecular complexity index is 210. The van der Waals surface area contributed by atoms with Gasteiger partial charge in [0.25, 0.3) is 0 Å². The van der Waals surface area contributed by atoms with E-state index in [9.17, 15) is 0 Å². The van der Waals surface area contributed by atoms with E-state index in [1.165, 1.54) is 11.5 Å². The first-order chi connectivity index (χ1) is 5.33. The topological polar surface area (TPSA) is 49.8 Å². The Morgan fingerprint density at radius 1 is 1.45 bits per heavy atom. The third-order valence-corrected chi connectivity index (χ3v) is 1.94. The molecule has 0 spiro atoms. The summed E-state index contributed by atoms with van der Waals surface area (Å²) in [5.41, 5.74) is 0. The van der Waals surface area contributed by atoms with Gasteiger partial charge in [0, 0.05) is 24.6 Å². The zero-order valence-corrected chi connectivity index (χ0v) is 7.53. The lowest BCUT2D eigenvalue weighted by atomic mass is 10.6. The molecule has 0 aliphatic rings. The van der Waals surface area contributed by atoms with E-state index in [1.54, 1.807) is 0 Å². The maximum Gasteiger partial charge on any atom is 0.202 e. The van der Waals surface area contributed by atoms with Crippen molar-refractivity contribution < 1.29 is 0 Å². The van der Waals surface area contributed by atoms with Crippen molar-refractivity contribution in [3.05, 3.63) is 5.82 Å². The monoisotopic (exact) mass is 172 g/mol. The molecule has 5 heteroatoms. The maximum atomic E-state index is 4.15. The predicted molar refractivity (Wildman–Crippen MR) is 47.1 cm³/mol. The van der Waals surface area contributed by atoms with Crippen molar-refractivity contribution in [2.45, 2.75) is 6.92 Å². The van der Waals surface area contributed by atoms with E-state index in [0.29, 0.717) is 0 Å². The van der Waals surface area contributed by atoms with E-state index < -0.39 is 0 Å². The van der Waals surface area contributed by atoms with Crippen LogP contribution in [0.4, 0.5) is 5.13 Å². The number of nitrogens with one attached hydrogen (secondary N) is 2. The van der Waals surface area contributed by atoms with Crippen molar-refractivity contribution in [3.63, 3.8) is 0 Å². The largest absolute Gasteiger partial charge is 0.359 e. The molecule has 0 saturated heterocycles. The number of aryl methyl sites for hydroxylation is 1. The van der Waals surface area contributed by atoms with Crippen LogP contribution in [-0.2, 0) is 0 Å². The van der Waals surface area contributed by atoms with Gasteiger partial charge in [0.1, 0.15) is 5.82 Å². The molecule has 0 aliphatic carbocycles. The van der Waals surface area contributed by atoms with E-state index in [0.717, 1.165) is 24.0 Å². The summed E-state index contributed by atoms with van der Waals surface area (Å²) in [7, 11) is 1.92. The Balaban J connectivity index is 2.27. The fourth-order valence-corrected chi connectivity index (χ4v) is 1.26. The number of rotatable bonds is 4. The van der Waals surface area contributed by atoms with Crippen LogP contribution in [0.1, 0.15) is 5.82 Å². The Hall–Kier alpha value is -0.680. The average molecular weight is 172 g/mol. The van der Waals surface area contributed by atoms with Crippen LogP contribution in [0, 0.1) is 6.92 Å². The van der Waals surface area contributed by atoms with E-state index in [2.05, 4.69) is 20.0 Å². The van der Waals surface area contributed by atoms with Crippen LogP contribution in [0.2, 0.25) is 0 Å². The molecule has 0 bridgehead atoms. The van der Waals surface area contributed by atoms with Crippen LogP contribution in [0.5, 0.6) is 0 Å². The molecule has 0 fully saturated rings. The van der Waals surface area contributed by atoms with Crippen LogP contribution in [0.25, 0.3) is 0 Å². The quantitative estimate of drug-likeness (QED) is 0.648. The summed E-state index contributed by atoms with van der Waals surface area (Å²) >= 11 is 1.40. The summed E-state index contributed by atoms with van der Waals surface area (Å²) in [6.45, 7) is 3.73. The minimum atomic E-state index is 0.835. The van der Waals surface area contributed by atoms with Crippen molar-refractivity contribution >= 4 is 16.7 Å². The Labute approximate surface area is 70.2 Å². The highest BCUT2D eigenvalue weighted by Crippen LogP contribution is 2.08. The van der Waals surface area contributed by atoms with Gasteiger partial charge in [-0.1, -0.05) is 0 Å². The second-order valence-electron chi connectivity index (χ2n) is 2.18. The molecule has 1 aromatic heterocycles. The Kier molecular flexibility index (Phi) is 3.25. The molecular formula is C6H12N4S. The predicted octanol–water partition coefficient (Wildman–Crippen LogP) is 0.478. The van der Waals surface area contributed by atoms with Crippen LogP contribution in [-0.4, -0.2) is 29.5 Å². The summed E-state index contributed by atoms with van der Waals surface area (Å²) in [5, 5.41) is 7.09. The van der Waals surface area contributed by atoms with Crippen molar-refractivity contribution in [3.8, 4) is 0 Å². The number of hydrogen-bond donors (Lipinski definition) is 2. The van der Waals surface area contributed by atoms with E-state index in [1.807, 2.05) is 14.0 Å². The highest BCUT2D eigenvalue weighted by molar-refractivity contribution is 7.09. The molecule has 1 heterocycles. The molecule has 0 aromatic carbocycles. The molecule has 0 aliphatic heterocycles. The lowest BCUT2D eigenvalue weighted by Gasteiger charge is -1.98. The van der Waals surface area contributed by atoms with Gasteiger partial charge in [0.2, 0.25) is 5.13 Å². The number of likely N-dealkylation sites (N-methyl/N-ethyl adjacent to an activating group) is 1. The number of anilines is 1. The SMILES string of the molecule is CNCCNc1nc(C)ns1. The molecule has 1 rings (SSSR count). The third-order valence-electron chi connectivity index (χ3n) is 1.18. The van der Waals surface area contributed by atoms with Gasteiger partial charge in [-0.05, 0) is 14.0 Å². The van der Waals surface area contributed by atoms with E-state index in [-0.39, 0.29) is 0 Å². The smallest absolute Gasteiger partial charge is 0.202 e. The highest BCUT2D eigenvalue weighted by Gasteiger charge is 1.96. The summed E-state index contributed by atoms with van der Waals surface area (Å²) in [6.07, 6.45) is 0. The molecule has 0 amide bonds. The van der Waals surface area contributed by atoms with Crippen molar-refractivity contribution in [1.82, 2.24) is 14.7 Å². The van der Waals surface area contributed by atoms with E-state index in [4.69, 9.17) is 0 Å². The third kappa shape index (κ3) is 2.81. The van der Waals surface area contributed by atoms with Crippen molar-refractivity contribution in [1.29, 1.82) is 0 Å². The summed E-state index contributed by atoms with van der Waals surface area (Å²) in [6, 6.07) is 0. The number of hydrogen-bond acceptors (Lipinski definition) is 5. The van der Waals surface area contributed by atoms with Crippen LogP contribution < -0.4 is 10.6 Å². The van der Waals surface area contributed by atoms with Gasteiger partial charge in [-0.3, -0.25) is 0 Å². The maximum absolute atomic E-state index is 4.15. The van der Waals surface area contributed by atoms with Gasteiger partial charge < -0.3 is 10.6 Å². The Morgan fingerprint density at radius 3 is 2.82 bits per heavy atom. The van der Waals surface area contributed by atoms with Gasteiger partial charge in [-0.2, -0.15) is 4.37 Å². The van der Waals surface area contributed by atoms with E-state index >= 15 is 0 Å². The molecule has 2 N–H and O–H groups in total. The summed E-state index contributed by atoms with van der Waals surface area (Å²) in [4.78, 5) is 4.15. The molecule has 0 atom stereocenters. The normalized spacial score (nSPS) is 10.0. The zero-order valence-electron chi connectivity index (χ0n) is 6.72. The average Bonchev–Trinajstić information content (AvgIpc) is 2.37. The molecule has 62 valence electrons. The standard InChI is InChI=1S/C6H12N4S/c1-5-9-6(11-10-5)8-4-3-7-2/h7H,3-4H2,1-2H3,(H,8,9,10). The minimum absolute atomic E-state index is 0.835.